The molecule has 1 N–H and O–H groups in total. The van der Waals surface area contributed by atoms with E-state index in [0.717, 1.165) is 49.4 Å². The third-order valence-corrected chi connectivity index (χ3v) is 4.28. The number of aromatic nitrogens is 1. The fourth-order valence-electron chi connectivity index (χ4n) is 3.13. The Hall–Kier alpha value is -1.86. The number of pyridine rings is 1. The number of piperazine rings is 1. The predicted molar refractivity (Wildman–Crippen MR) is 87.1 cm³/mol. The molecule has 1 aromatic carbocycles. The van der Waals surface area contributed by atoms with Gasteiger partial charge in [-0.05, 0) is 25.1 Å². The molecule has 0 radical (unpaired) electrons. The van der Waals surface area contributed by atoms with Crippen molar-refractivity contribution >= 4 is 16.6 Å². The van der Waals surface area contributed by atoms with Crippen LogP contribution in [0.2, 0.25) is 0 Å². The lowest BCUT2D eigenvalue weighted by molar-refractivity contribution is -0.137. The van der Waals surface area contributed by atoms with Gasteiger partial charge in [0.15, 0.2) is 0 Å². The number of anilines is 1. The van der Waals surface area contributed by atoms with E-state index in [4.69, 9.17) is 0 Å². The second-order valence-electron chi connectivity index (χ2n) is 6.20. The molecule has 0 unspecified atom stereocenters. The monoisotopic (exact) mass is 339 g/mol. The van der Waals surface area contributed by atoms with Gasteiger partial charge in [-0.15, -0.1) is 0 Å². The topological polar surface area (TPSA) is 39.6 Å². The van der Waals surface area contributed by atoms with E-state index in [1.807, 2.05) is 6.07 Å². The summed E-state index contributed by atoms with van der Waals surface area (Å²) in [4.78, 5) is 8.44. The van der Waals surface area contributed by atoms with E-state index >= 15 is 0 Å². The number of hydrogen-bond acceptors (Lipinski definition) is 4. The van der Waals surface area contributed by atoms with Crippen molar-refractivity contribution in [3.8, 4) is 0 Å². The van der Waals surface area contributed by atoms with Crippen LogP contribution in [0.3, 0.4) is 0 Å². The van der Waals surface area contributed by atoms with Gasteiger partial charge in [-0.3, -0.25) is 9.88 Å². The minimum atomic E-state index is -4.36. The average molecular weight is 339 g/mol. The molecule has 2 heterocycles. The van der Waals surface area contributed by atoms with Crippen LogP contribution in [0.1, 0.15) is 12.5 Å². The summed E-state index contributed by atoms with van der Waals surface area (Å²) in [5.41, 5.74) is 0.584. The molecule has 0 spiro atoms. The van der Waals surface area contributed by atoms with Gasteiger partial charge >= 0.3 is 6.18 Å². The van der Waals surface area contributed by atoms with Crippen LogP contribution < -0.4 is 4.90 Å². The SMILES string of the molecule is C[C@@H](O)CN1CCN(c2ccnc3cc(C(F)(F)F)ccc23)CC1. The number of benzene rings is 1. The first-order chi connectivity index (χ1) is 11.3. The summed E-state index contributed by atoms with van der Waals surface area (Å²) < 4.78 is 38.6. The minimum absolute atomic E-state index is 0.355. The van der Waals surface area contributed by atoms with Crippen molar-refractivity contribution in [3.05, 3.63) is 36.0 Å². The number of nitrogens with zero attached hydrogens (tertiary/aromatic N) is 3. The van der Waals surface area contributed by atoms with E-state index in [-0.39, 0.29) is 6.10 Å². The lowest BCUT2D eigenvalue weighted by atomic mass is 10.1. The molecule has 130 valence electrons. The van der Waals surface area contributed by atoms with Gasteiger partial charge in [0.2, 0.25) is 0 Å². The van der Waals surface area contributed by atoms with Crippen LogP contribution >= 0.6 is 0 Å². The number of aliphatic hydroxyl groups excluding tert-OH is 1. The Balaban J connectivity index is 1.83. The first-order valence-corrected chi connectivity index (χ1v) is 7.96. The fourth-order valence-corrected chi connectivity index (χ4v) is 3.13. The van der Waals surface area contributed by atoms with Gasteiger partial charge in [0, 0.05) is 50.0 Å². The van der Waals surface area contributed by atoms with E-state index in [0.29, 0.717) is 12.1 Å². The molecule has 0 aliphatic carbocycles. The summed E-state index contributed by atoms with van der Waals surface area (Å²) in [6, 6.07) is 5.56. The molecule has 24 heavy (non-hydrogen) atoms. The van der Waals surface area contributed by atoms with Crippen molar-refractivity contribution in [2.45, 2.75) is 19.2 Å². The second-order valence-corrected chi connectivity index (χ2v) is 6.20. The zero-order chi connectivity index (χ0) is 17.3. The largest absolute Gasteiger partial charge is 0.416 e. The zero-order valence-electron chi connectivity index (χ0n) is 13.4. The summed E-state index contributed by atoms with van der Waals surface area (Å²) in [6.07, 6.45) is -3.17. The number of rotatable bonds is 3. The van der Waals surface area contributed by atoms with Gasteiger partial charge in [-0.25, -0.2) is 0 Å². The molecule has 4 nitrogen and oxygen atoms in total. The summed E-state index contributed by atoms with van der Waals surface area (Å²) in [6.45, 7) is 5.57. The zero-order valence-corrected chi connectivity index (χ0v) is 13.4. The van der Waals surface area contributed by atoms with E-state index in [2.05, 4.69) is 14.8 Å². The molecule has 1 aliphatic rings. The van der Waals surface area contributed by atoms with Gasteiger partial charge in [0.1, 0.15) is 0 Å². The van der Waals surface area contributed by atoms with Crippen LogP contribution in [-0.2, 0) is 6.18 Å². The van der Waals surface area contributed by atoms with Gasteiger partial charge in [-0.1, -0.05) is 6.07 Å². The van der Waals surface area contributed by atoms with E-state index < -0.39 is 11.7 Å². The Labute approximate surface area is 138 Å². The maximum atomic E-state index is 12.9. The Bertz CT molecular complexity index is 710. The maximum Gasteiger partial charge on any atom is 0.416 e. The number of fused-ring (bicyclic) bond motifs is 1. The number of hydrogen-bond donors (Lipinski definition) is 1. The molecule has 7 heteroatoms. The molecule has 1 fully saturated rings. The highest BCUT2D eigenvalue weighted by molar-refractivity contribution is 5.92. The number of alkyl halides is 3. The van der Waals surface area contributed by atoms with Gasteiger partial charge in [-0.2, -0.15) is 13.2 Å². The third kappa shape index (κ3) is 3.62. The molecule has 0 amide bonds. The normalized spacial score (nSPS) is 18.1. The lowest BCUT2D eigenvalue weighted by Crippen LogP contribution is -2.48. The van der Waals surface area contributed by atoms with Crippen molar-refractivity contribution in [2.24, 2.45) is 0 Å². The molecule has 0 bridgehead atoms. The van der Waals surface area contributed by atoms with Crippen LogP contribution in [-0.4, -0.2) is 53.8 Å². The highest BCUT2D eigenvalue weighted by atomic mass is 19.4. The van der Waals surface area contributed by atoms with Crippen molar-refractivity contribution in [3.63, 3.8) is 0 Å². The molecule has 2 aromatic rings. The number of halogens is 3. The van der Waals surface area contributed by atoms with E-state index in [9.17, 15) is 18.3 Å². The Morgan fingerprint density at radius 3 is 2.50 bits per heavy atom. The lowest BCUT2D eigenvalue weighted by Gasteiger charge is -2.37. The van der Waals surface area contributed by atoms with Crippen LogP contribution in [0.15, 0.2) is 30.5 Å². The number of aliphatic hydroxyl groups is 1. The first-order valence-electron chi connectivity index (χ1n) is 7.96. The molecule has 3 rings (SSSR count). The van der Waals surface area contributed by atoms with Crippen LogP contribution in [0.25, 0.3) is 10.9 Å². The molecule has 1 atom stereocenters. The van der Waals surface area contributed by atoms with E-state index in [1.165, 1.54) is 6.07 Å². The molecule has 1 aliphatic heterocycles. The highest BCUT2D eigenvalue weighted by Gasteiger charge is 2.31. The Kier molecular flexibility index (Phi) is 4.64. The molecular formula is C17H20F3N3O. The Morgan fingerprint density at radius 2 is 1.88 bits per heavy atom. The van der Waals surface area contributed by atoms with Crippen LogP contribution in [0.5, 0.6) is 0 Å². The van der Waals surface area contributed by atoms with Crippen molar-refractivity contribution in [2.75, 3.05) is 37.6 Å². The molecule has 1 saturated heterocycles. The first kappa shape index (κ1) is 17.0. The van der Waals surface area contributed by atoms with E-state index in [1.54, 1.807) is 13.1 Å². The minimum Gasteiger partial charge on any atom is -0.392 e. The predicted octanol–water partition coefficient (Wildman–Crippen LogP) is 2.76. The van der Waals surface area contributed by atoms with Gasteiger partial charge < -0.3 is 10.0 Å². The summed E-state index contributed by atoms with van der Waals surface area (Å²) in [5.74, 6) is 0. The third-order valence-electron chi connectivity index (χ3n) is 4.28. The van der Waals surface area contributed by atoms with Crippen LogP contribution in [0.4, 0.5) is 18.9 Å². The fraction of sp³-hybridized carbons (Fsp3) is 0.471. The van der Waals surface area contributed by atoms with Crippen molar-refractivity contribution < 1.29 is 18.3 Å². The average Bonchev–Trinajstić information content (AvgIpc) is 2.53. The van der Waals surface area contributed by atoms with Gasteiger partial charge in [0.05, 0.1) is 17.2 Å². The second kappa shape index (κ2) is 6.57. The smallest absolute Gasteiger partial charge is 0.392 e. The molecular weight excluding hydrogens is 319 g/mol. The summed E-state index contributed by atoms with van der Waals surface area (Å²) >= 11 is 0. The quantitative estimate of drug-likeness (QED) is 0.933. The highest BCUT2D eigenvalue weighted by Crippen LogP contribution is 2.33. The van der Waals surface area contributed by atoms with Gasteiger partial charge in [0.25, 0.3) is 0 Å². The van der Waals surface area contributed by atoms with Crippen molar-refractivity contribution in [1.29, 1.82) is 0 Å². The summed E-state index contributed by atoms with van der Waals surface area (Å²) in [5, 5.41) is 10.2. The Morgan fingerprint density at radius 1 is 1.17 bits per heavy atom. The van der Waals surface area contributed by atoms with Crippen molar-refractivity contribution in [1.82, 2.24) is 9.88 Å². The molecule has 0 saturated carbocycles. The number of β-amino-alcohol motifs (C(OH)–C–C–N with tert-alkyl or cyclic N) is 1. The summed E-state index contributed by atoms with van der Waals surface area (Å²) in [7, 11) is 0. The standard InChI is InChI=1S/C17H20F3N3O/c1-12(24)11-22-6-8-23(9-7-22)16-4-5-21-15-10-13(17(18,19)20)2-3-14(15)16/h2-5,10,12,24H,6-9,11H2,1H3/t12-/m1/s1. The maximum absolute atomic E-state index is 12.9. The van der Waals surface area contributed by atoms with Crippen LogP contribution in [0, 0.1) is 0 Å². The molecule has 1 aromatic heterocycles.